The zero-order chi connectivity index (χ0) is 21.0. The van der Waals surface area contributed by atoms with Gasteiger partial charge in [-0.2, -0.15) is 0 Å². The molecule has 2 aromatic carbocycles. The molecule has 0 fully saturated rings. The quantitative estimate of drug-likeness (QED) is 0.644. The van der Waals surface area contributed by atoms with Crippen LogP contribution >= 0.6 is 11.6 Å². The Morgan fingerprint density at radius 3 is 2.48 bits per heavy atom. The number of rotatable bonds is 5. The molecule has 29 heavy (non-hydrogen) atoms. The highest BCUT2D eigenvalue weighted by molar-refractivity contribution is 6.34. The SMILES string of the molecule is CNC(=O)c1ccc(Cl)c(NC(=O)c2ccnc(Oc3ccc(F)cc3F)c2)c1. The molecule has 6 nitrogen and oxygen atoms in total. The van der Waals surface area contributed by atoms with Crippen LogP contribution in [0.4, 0.5) is 14.5 Å². The van der Waals surface area contributed by atoms with Crippen LogP contribution in [0.15, 0.2) is 54.7 Å². The molecule has 0 saturated heterocycles. The van der Waals surface area contributed by atoms with E-state index >= 15 is 0 Å². The third kappa shape index (κ3) is 4.85. The summed E-state index contributed by atoms with van der Waals surface area (Å²) in [5.41, 5.74) is 0.707. The Balaban J connectivity index is 1.80. The highest BCUT2D eigenvalue weighted by Gasteiger charge is 2.14. The fraction of sp³-hybridized carbons (Fsp3) is 0.0500. The summed E-state index contributed by atoms with van der Waals surface area (Å²) < 4.78 is 32.0. The lowest BCUT2D eigenvalue weighted by molar-refractivity contribution is 0.0961. The molecule has 9 heteroatoms. The predicted molar refractivity (Wildman–Crippen MR) is 103 cm³/mol. The van der Waals surface area contributed by atoms with Crippen molar-refractivity contribution in [2.45, 2.75) is 0 Å². The number of benzene rings is 2. The molecular formula is C20H14ClF2N3O3. The van der Waals surface area contributed by atoms with Crippen LogP contribution in [0.1, 0.15) is 20.7 Å². The molecule has 148 valence electrons. The van der Waals surface area contributed by atoms with Gasteiger partial charge in [0.2, 0.25) is 5.88 Å². The normalized spacial score (nSPS) is 10.3. The second kappa shape index (κ2) is 8.66. The molecule has 2 N–H and O–H groups in total. The largest absolute Gasteiger partial charge is 0.436 e. The van der Waals surface area contributed by atoms with E-state index < -0.39 is 17.5 Å². The number of ether oxygens (including phenoxy) is 1. The molecule has 0 bridgehead atoms. The zero-order valence-electron chi connectivity index (χ0n) is 15.0. The van der Waals surface area contributed by atoms with Crippen molar-refractivity contribution in [3.8, 4) is 11.6 Å². The molecule has 0 aliphatic heterocycles. The summed E-state index contributed by atoms with van der Waals surface area (Å²) in [5.74, 6) is -2.83. The molecule has 0 atom stereocenters. The molecule has 0 radical (unpaired) electrons. The first kappa shape index (κ1) is 20.2. The number of carbonyl (C=O) groups excluding carboxylic acids is 2. The molecule has 0 unspecified atom stereocenters. The summed E-state index contributed by atoms with van der Waals surface area (Å²) in [6, 6.07) is 9.97. The molecular weight excluding hydrogens is 404 g/mol. The van der Waals surface area contributed by atoms with Crippen LogP contribution in [-0.4, -0.2) is 23.8 Å². The van der Waals surface area contributed by atoms with E-state index in [0.717, 1.165) is 12.1 Å². The van der Waals surface area contributed by atoms with Gasteiger partial charge in [0.05, 0.1) is 10.7 Å². The van der Waals surface area contributed by atoms with Gasteiger partial charge in [-0.1, -0.05) is 11.6 Å². The lowest BCUT2D eigenvalue weighted by Gasteiger charge is -2.10. The number of hydrogen-bond acceptors (Lipinski definition) is 4. The Hall–Kier alpha value is -3.52. The molecule has 0 saturated carbocycles. The van der Waals surface area contributed by atoms with E-state index in [0.29, 0.717) is 11.6 Å². The number of nitrogens with zero attached hydrogens (tertiary/aromatic N) is 1. The molecule has 1 aromatic heterocycles. The lowest BCUT2D eigenvalue weighted by atomic mass is 10.1. The van der Waals surface area contributed by atoms with Gasteiger partial charge in [0.1, 0.15) is 5.82 Å². The second-order valence-corrected chi connectivity index (χ2v) is 6.19. The fourth-order valence-corrected chi connectivity index (χ4v) is 2.54. The van der Waals surface area contributed by atoms with Crippen LogP contribution < -0.4 is 15.4 Å². The Labute approximate surface area is 169 Å². The number of hydrogen-bond donors (Lipinski definition) is 2. The van der Waals surface area contributed by atoms with Gasteiger partial charge in [0.15, 0.2) is 11.6 Å². The fourth-order valence-electron chi connectivity index (χ4n) is 2.38. The van der Waals surface area contributed by atoms with Gasteiger partial charge in [-0.25, -0.2) is 13.8 Å². The minimum atomic E-state index is -0.903. The van der Waals surface area contributed by atoms with Crippen molar-refractivity contribution >= 4 is 29.1 Å². The Kier molecular flexibility index (Phi) is 6.04. The van der Waals surface area contributed by atoms with Gasteiger partial charge in [-0.05, 0) is 36.4 Å². The van der Waals surface area contributed by atoms with Crippen LogP contribution in [-0.2, 0) is 0 Å². The first-order valence-electron chi connectivity index (χ1n) is 8.29. The van der Waals surface area contributed by atoms with Gasteiger partial charge in [0.25, 0.3) is 11.8 Å². The Bertz CT molecular complexity index is 1090. The number of amides is 2. The van der Waals surface area contributed by atoms with E-state index in [9.17, 15) is 18.4 Å². The van der Waals surface area contributed by atoms with E-state index in [1.165, 1.54) is 43.6 Å². The molecule has 2 amide bonds. The number of nitrogens with one attached hydrogen (secondary N) is 2. The van der Waals surface area contributed by atoms with Gasteiger partial charge in [0, 0.05) is 36.5 Å². The minimum Gasteiger partial charge on any atom is -0.436 e. The molecule has 1 heterocycles. The monoisotopic (exact) mass is 417 g/mol. The lowest BCUT2D eigenvalue weighted by Crippen LogP contribution is -2.18. The molecule has 3 aromatic rings. The number of halogens is 3. The number of aromatic nitrogens is 1. The summed E-state index contributed by atoms with van der Waals surface area (Å²) >= 11 is 6.09. The number of pyridine rings is 1. The average Bonchev–Trinajstić information content (AvgIpc) is 2.71. The second-order valence-electron chi connectivity index (χ2n) is 5.79. The van der Waals surface area contributed by atoms with Crippen LogP contribution in [0.25, 0.3) is 0 Å². The summed E-state index contributed by atoms with van der Waals surface area (Å²) in [5, 5.41) is 5.32. The van der Waals surface area contributed by atoms with Crippen molar-refractivity contribution in [3.63, 3.8) is 0 Å². The zero-order valence-corrected chi connectivity index (χ0v) is 15.8. The van der Waals surface area contributed by atoms with Gasteiger partial charge in [-0.3, -0.25) is 9.59 Å². The smallest absolute Gasteiger partial charge is 0.255 e. The maximum Gasteiger partial charge on any atom is 0.255 e. The third-order valence-electron chi connectivity index (χ3n) is 3.81. The van der Waals surface area contributed by atoms with E-state index in [2.05, 4.69) is 15.6 Å². The van der Waals surface area contributed by atoms with Gasteiger partial charge >= 0.3 is 0 Å². The standard InChI is InChI=1S/C20H14ClF2N3O3/c1-24-19(27)11-2-4-14(21)16(8-11)26-20(28)12-6-7-25-18(9-12)29-17-5-3-13(22)10-15(17)23/h2-10H,1H3,(H,24,27)(H,26,28). The molecule has 3 rings (SSSR count). The van der Waals surface area contributed by atoms with Crippen molar-refractivity contribution < 1.29 is 23.1 Å². The summed E-state index contributed by atoms with van der Waals surface area (Å²) in [6.45, 7) is 0. The topological polar surface area (TPSA) is 80.3 Å². The van der Waals surface area contributed by atoms with Crippen molar-refractivity contribution in [2.75, 3.05) is 12.4 Å². The predicted octanol–water partition coefficient (Wildman–Crippen LogP) is 4.42. The van der Waals surface area contributed by atoms with Crippen molar-refractivity contribution in [1.82, 2.24) is 10.3 Å². The number of anilines is 1. The van der Waals surface area contributed by atoms with E-state index in [4.69, 9.17) is 16.3 Å². The van der Waals surface area contributed by atoms with Crippen LogP contribution in [0, 0.1) is 11.6 Å². The van der Waals surface area contributed by atoms with Crippen molar-refractivity contribution in [3.05, 3.63) is 82.5 Å². The Morgan fingerprint density at radius 2 is 1.76 bits per heavy atom. The van der Waals surface area contributed by atoms with Crippen LogP contribution in [0.3, 0.4) is 0 Å². The van der Waals surface area contributed by atoms with Gasteiger partial charge in [-0.15, -0.1) is 0 Å². The summed E-state index contributed by atoms with van der Waals surface area (Å²) in [7, 11) is 1.48. The molecule has 0 spiro atoms. The van der Waals surface area contributed by atoms with E-state index in [1.54, 1.807) is 0 Å². The molecule has 0 aliphatic rings. The first-order chi connectivity index (χ1) is 13.9. The van der Waals surface area contributed by atoms with E-state index in [1.807, 2.05) is 0 Å². The van der Waals surface area contributed by atoms with Crippen LogP contribution in [0.2, 0.25) is 5.02 Å². The summed E-state index contributed by atoms with van der Waals surface area (Å²) in [4.78, 5) is 28.2. The maximum atomic E-state index is 13.7. The first-order valence-corrected chi connectivity index (χ1v) is 8.67. The van der Waals surface area contributed by atoms with Crippen molar-refractivity contribution in [2.24, 2.45) is 0 Å². The molecule has 0 aliphatic carbocycles. The number of carbonyl (C=O) groups is 2. The van der Waals surface area contributed by atoms with Crippen molar-refractivity contribution in [1.29, 1.82) is 0 Å². The minimum absolute atomic E-state index is 0.0617. The third-order valence-corrected chi connectivity index (χ3v) is 4.14. The van der Waals surface area contributed by atoms with Gasteiger partial charge < -0.3 is 15.4 Å². The average molecular weight is 418 g/mol. The Morgan fingerprint density at radius 1 is 1.00 bits per heavy atom. The highest BCUT2D eigenvalue weighted by Crippen LogP contribution is 2.26. The van der Waals surface area contributed by atoms with E-state index in [-0.39, 0.29) is 33.8 Å². The summed E-state index contributed by atoms with van der Waals surface area (Å²) in [6.07, 6.45) is 1.30. The highest BCUT2D eigenvalue weighted by atomic mass is 35.5. The van der Waals surface area contributed by atoms with Crippen LogP contribution in [0.5, 0.6) is 11.6 Å². The maximum absolute atomic E-state index is 13.7.